The van der Waals surface area contributed by atoms with Crippen LogP contribution in [0, 0.1) is 0 Å². The summed E-state index contributed by atoms with van der Waals surface area (Å²) >= 11 is 0. The van der Waals surface area contributed by atoms with Crippen molar-refractivity contribution in [2.45, 2.75) is 31.3 Å². The third-order valence-electron chi connectivity index (χ3n) is 5.37. The lowest BCUT2D eigenvalue weighted by atomic mass is 10.1. The highest BCUT2D eigenvalue weighted by Gasteiger charge is 2.36. The maximum absolute atomic E-state index is 13.5. The van der Waals surface area contributed by atoms with Crippen LogP contribution in [0.1, 0.15) is 24.6 Å². The van der Waals surface area contributed by atoms with Crippen LogP contribution >= 0.6 is 0 Å². The van der Waals surface area contributed by atoms with Crippen molar-refractivity contribution in [3.8, 4) is 5.75 Å². The molecule has 2 atom stereocenters. The van der Waals surface area contributed by atoms with Gasteiger partial charge in [-0.1, -0.05) is 6.07 Å². The summed E-state index contributed by atoms with van der Waals surface area (Å²) in [5.41, 5.74) is 6.14. The molecule has 0 spiro atoms. The van der Waals surface area contributed by atoms with Crippen molar-refractivity contribution in [1.82, 2.24) is 19.5 Å². The number of aromatic nitrogens is 4. The smallest absolute Gasteiger partial charge is 0.419 e. The van der Waals surface area contributed by atoms with E-state index in [9.17, 15) is 13.2 Å². The summed E-state index contributed by atoms with van der Waals surface area (Å²) in [7, 11) is 0. The van der Waals surface area contributed by atoms with Gasteiger partial charge in [-0.15, -0.1) is 0 Å². The SMILES string of the molecule is Nc1ncnc2c1ccn2C1CCC(COc2cc3ncccc3cc2C(F)(F)F)O1. The Morgan fingerprint density at radius 1 is 1.16 bits per heavy atom. The number of rotatable bonds is 4. The van der Waals surface area contributed by atoms with Gasteiger partial charge in [-0.2, -0.15) is 13.2 Å². The Morgan fingerprint density at radius 3 is 2.87 bits per heavy atom. The Labute approximate surface area is 174 Å². The van der Waals surface area contributed by atoms with Crippen LogP contribution in [0.3, 0.4) is 0 Å². The largest absolute Gasteiger partial charge is 0.490 e. The zero-order chi connectivity index (χ0) is 21.6. The van der Waals surface area contributed by atoms with Crippen molar-refractivity contribution in [3.05, 3.63) is 54.6 Å². The quantitative estimate of drug-likeness (QED) is 0.519. The van der Waals surface area contributed by atoms with Crippen LogP contribution in [0.5, 0.6) is 5.75 Å². The van der Waals surface area contributed by atoms with Gasteiger partial charge < -0.3 is 19.8 Å². The average molecular weight is 429 g/mol. The Balaban J connectivity index is 1.34. The summed E-state index contributed by atoms with van der Waals surface area (Å²) < 4.78 is 54.1. The molecule has 1 fully saturated rings. The summed E-state index contributed by atoms with van der Waals surface area (Å²) in [6.07, 6.45) is 0.842. The summed E-state index contributed by atoms with van der Waals surface area (Å²) in [4.78, 5) is 12.4. The zero-order valence-corrected chi connectivity index (χ0v) is 16.2. The highest BCUT2D eigenvalue weighted by molar-refractivity contribution is 5.86. The van der Waals surface area contributed by atoms with Crippen molar-refractivity contribution in [3.63, 3.8) is 0 Å². The molecule has 0 radical (unpaired) electrons. The lowest BCUT2D eigenvalue weighted by Gasteiger charge is -2.18. The number of hydrogen-bond donors (Lipinski definition) is 1. The van der Waals surface area contributed by atoms with Gasteiger partial charge in [-0.3, -0.25) is 4.98 Å². The summed E-state index contributed by atoms with van der Waals surface area (Å²) in [5.74, 6) is 0.129. The number of nitrogens with two attached hydrogens (primary N) is 1. The van der Waals surface area contributed by atoms with E-state index in [4.69, 9.17) is 15.2 Å². The second kappa shape index (κ2) is 7.38. The minimum atomic E-state index is -4.54. The molecule has 0 bridgehead atoms. The first-order valence-corrected chi connectivity index (χ1v) is 9.71. The van der Waals surface area contributed by atoms with Crippen LogP contribution in [0.4, 0.5) is 19.0 Å². The molecule has 0 aliphatic carbocycles. The van der Waals surface area contributed by atoms with Gasteiger partial charge in [-0.05, 0) is 31.0 Å². The van der Waals surface area contributed by atoms with E-state index < -0.39 is 11.7 Å². The fourth-order valence-corrected chi connectivity index (χ4v) is 3.86. The highest BCUT2D eigenvalue weighted by Crippen LogP contribution is 2.39. The lowest BCUT2D eigenvalue weighted by Crippen LogP contribution is -2.20. The number of ether oxygens (including phenoxy) is 2. The van der Waals surface area contributed by atoms with Crippen LogP contribution in [0.15, 0.2) is 49.1 Å². The molecular formula is C21H18F3N5O2. The molecule has 7 nitrogen and oxygen atoms in total. The molecule has 0 amide bonds. The molecule has 1 aromatic carbocycles. The van der Waals surface area contributed by atoms with E-state index in [0.717, 1.165) is 11.5 Å². The van der Waals surface area contributed by atoms with Gasteiger partial charge in [0, 0.05) is 23.8 Å². The van der Waals surface area contributed by atoms with Gasteiger partial charge in [-0.25, -0.2) is 9.97 Å². The van der Waals surface area contributed by atoms with Crippen molar-refractivity contribution in [2.75, 3.05) is 12.3 Å². The minimum absolute atomic E-state index is 0.00571. The fourth-order valence-electron chi connectivity index (χ4n) is 3.86. The number of nitrogen functional groups attached to an aromatic ring is 1. The number of fused-ring (bicyclic) bond motifs is 2. The third-order valence-corrected chi connectivity index (χ3v) is 5.37. The van der Waals surface area contributed by atoms with Gasteiger partial charge in [0.25, 0.3) is 0 Å². The van der Waals surface area contributed by atoms with Gasteiger partial charge in [0.05, 0.1) is 22.6 Å². The second-order valence-corrected chi connectivity index (χ2v) is 7.36. The molecule has 160 valence electrons. The van der Waals surface area contributed by atoms with Gasteiger partial charge in [0.1, 0.15) is 36.4 Å². The van der Waals surface area contributed by atoms with E-state index in [2.05, 4.69) is 15.0 Å². The molecule has 5 rings (SSSR count). The first-order valence-electron chi connectivity index (χ1n) is 9.71. The maximum Gasteiger partial charge on any atom is 0.419 e. The number of nitrogens with zero attached hydrogens (tertiary/aromatic N) is 4. The number of anilines is 1. The number of benzene rings is 1. The first-order chi connectivity index (χ1) is 14.9. The van der Waals surface area contributed by atoms with Crippen molar-refractivity contribution >= 4 is 27.8 Å². The zero-order valence-electron chi connectivity index (χ0n) is 16.2. The van der Waals surface area contributed by atoms with Crippen molar-refractivity contribution in [2.24, 2.45) is 0 Å². The third kappa shape index (κ3) is 3.63. The molecular weight excluding hydrogens is 411 g/mol. The number of hydrogen-bond acceptors (Lipinski definition) is 6. The predicted molar refractivity (Wildman–Crippen MR) is 107 cm³/mol. The van der Waals surface area contributed by atoms with E-state index in [1.807, 2.05) is 16.8 Å². The Kier molecular flexibility index (Phi) is 4.66. The van der Waals surface area contributed by atoms with Gasteiger partial charge >= 0.3 is 6.18 Å². The van der Waals surface area contributed by atoms with E-state index >= 15 is 0 Å². The normalized spacial score (nSPS) is 19.3. The molecule has 3 aromatic heterocycles. The topological polar surface area (TPSA) is 88.1 Å². The minimum Gasteiger partial charge on any atom is -0.490 e. The summed E-state index contributed by atoms with van der Waals surface area (Å²) in [5, 5.41) is 1.13. The second-order valence-electron chi connectivity index (χ2n) is 7.36. The van der Waals surface area contributed by atoms with Gasteiger partial charge in [0.15, 0.2) is 0 Å². The van der Waals surface area contributed by atoms with E-state index in [1.165, 1.54) is 18.6 Å². The summed E-state index contributed by atoms with van der Waals surface area (Å²) in [6.45, 7) is -0.00571. The predicted octanol–water partition coefficient (Wildman–Crippen LogP) is 4.34. The van der Waals surface area contributed by atoms with Crippen LogP contribution in [-0.4, -0.2) is 32.2 Å². The van der Waals surface area contributed by atoms with Crippen LogP contribution in [0.2, 0.25) is 0 Å². The molecule has 1 aliphatic heterocycles. The van der Waals surface area contributed by atoms with Crippen LogP contribution in [0.25, 0.3) is 21.9 Å². The fraction of sp³-hybridized carbons (Fsp3) is 0.286. The van der Waals surface area contributed by atoms with Crippen molar-refractivity contribution in [1.29, 1.82) is 0 Å². The number of alkyl halides is 3. The molecule has 31 heavy (non-hydrogen) atoms. The number of pyridine rings is 1. The molecule has 2 unspecified atom stereocenters. The van der Waals surface area contributed by atoms with Crippen LogP contribution < -0.4 is 10.5 Å². The van der Waals surface area contributed by atoms with Crippen molar-refractivity contribution < 1.29 is 22.6 Å². The lowest BCUT2D eigenvalue weighted by molar-refractivity contribution is -0.139. The molecule has 4 aromatic rings. The van der Waals surface area contributed by atoms with E-state index in [0.29, 0.717) is 35.2 Å². The van der Waals surface area contributed by atoms with Gasteiger partial charge in [0.2, 0.25) is 0 Å². The Morgan fingerprint density at radius 2 is 2.03 bits per heavy atom. The summed E-state index contributed by atoms with van der Waals surface area (Å²) in [6, 6.07) is 7.38. The first kappa shape index (κ1) is 19.6. The maximum atomic E-state index is 13.5. The molecule has 0 saturated carbocycles. The number of halogens is 3. The van der Waals surface area contributed by atoms with Crippen LogP contribution in [-0.2, 0) is 10.9 Å². The molecule has 1 aliphatic rings. The molecule has 1 saturated heterocycles. The van der Waals surface area contributed by atoms with E-state index in [1.54, 1.807) is 12.1 Å². The van der Waals surface area contributed by atoms with E-state index in [-0.39, 0.29) is 24.7 Å². The average Bonchev–Trinajstić information content (AvgIpc) is 3.38. The molecule has 2 N–H and O–H groups in total. The monoisotopic (exact) mass is 429 g/mol. The molecule has 10 heteroatoms. The highest BCUT2D eigenvalue weighted by atomic mass is 19.4. The standard InChI is InChI=1S/C21H18F3N5O2/c22-21(23,24)15-8-12-2-1-6-26-16(12)9-17(15)30-10-13-3-4-18(31-13)29-7-5-14-19(25)27-11-28-20(14)29/h1-2,5-9,11,13,18H,3-4,10H2,(H2,25,27,28). The Bertz CT molecular complexity index is 1260. The Hall–Kier alpha value is -3.40. The molecule has 4 heterocycles.